The van der Waals surface area contributed by atoms with Crippen LogP contribution in [0, 0.1) is 5.92 Å². The molecule has 1 N–H and O–H groups in total. The molecule has 1 aromatic heterocycles. The summed E-state index contributed by atoms with van der Waals surface area (Å²) in [6.45, 7) is 2.46. The number of carboxylic acid groups (broad SMARTS) is 1. The molecule has 2 saturated heterocycles. The first kappa shape index (κ1) is 15.0. The fourth-order valence-electron chi connectivity index (χ4n) is 3.83. The number of carbonyl (C=O) groups is 2. The van der Waals surface area contributed by atoms with Crippen LogP contribution in [0.25, 0.3) is 0 Å². The van der Waals surface area contributed by atoms with Gasteiger partial charge in [-0.15, -0.1) is 0 Å². The number of hydrogen-bond donors (Lipinski definition) is 1. The van der Waals surface area contributed by atoms with E-state index in [1.54, 1.807) is 24.3 Å². The zero-order valence-electron chi connectivity index (χ0n) is 12.7. The first-order chi connectivity index (χ1) is 10.5. The highest BCUT2D eigenvalue weighted by Crippen LogP contribution is 2.42. The van der Waals surface area contributed by atoms with Crippen LogP contribution in [0.15, 0.2) is 24.5 Å². The molecular weight excluding hydrogens is 282 g/mol. The van der Waals surface area contributed by atoms with Gasteiger partial charge in [-0.25, -0.2) is 0 Å². The average molecular weight is 303 g/mol. The van der Waals surface area contributed by atoms with Crippen LogP contribution in [0.5, 0.6) is 0 Å². The second kappa shape index (κ2) is 5.68. The van der Waals surface area contributed by atoms with Crippen molar-refractivity contribution in [2.24, 2.45) is 5.92 Å². The van der Waals surface area contributed by atoms with Crippen LogP contribution in [0.1, 0.15) is 24.8 Å². The van der Waals surface area contributed by atoms with Crippen LogP contribution < -0.4 is 0 Å². The van der Waals surface area contributed by atoms with E-state index in [2.05, 4.69) is 9.88 Å². The van der Waals surface area contributed by atoms with Gasteiger partial charge >= 0.3 is 5.97 Å². The molecule has 2 aliphatic heterocycles. The molecule has 0 radical (unpaired) electrons. The lowest BCUT2D eigenvalue weighted by atomic mass is 9.77. The van der Waals surface area contributed by atoms with Crippen molar-refractivity contribution in [1.29, 1.82) is 0 Å². The predicted octanol–water partition coefficient (Wildman–Crippen LogP) is 0.979. The predicted molar refractivity (Wildman–Crippen MR) is 80.0 cm³/mol. The molecule has 22 heavy (non-hydrogen) atoms. The minimum absolute atomic E-state index is 0.0463. The summed E-state index contributed by atoms with van der Waals surface area (Å²) in [6.07, 6.45) is 5.14. The van der Waals surface area contributed by atoms with E-state index in [9.17, 15) is 14.7 Å². The Morgan fingerprint density at radius 1 is 1.36 bits per heavy atom. The van der Waals surface area contributed by atoms with Crippen LogP contribution >= 0.6 is 0 Å². The third kappa shape index (κ3) is 2.47. The first-order valence-corrected chi connectivity index (χ1v) is 7.64. The Kier molecular flexibility index (Phi) is 3.87. The molecule has 1 amide bonds. The number of amides is 1. The Morgan fingerprint density at radius 3 is 2.59 bits per heavy atom. The maximum Gasteiger partial charge on any atom is 0.309 e. The number of likely N-dealkylation sites (tertiary alicyclic amines) is 2. The Balaban J connectivity index is 1.69. The van der Waals surface area contributed by atoms with Crippen LogP contribution in [0.2, 0.25) is 0 Å². The van der Waals surface area contributed by atoms with Crippen molar-refractivity contribution >= 4 is 11.9 Å². The van der Waals surface area contributed by atoms with E-state index < -0.39 is 17.4 Å². The second-order valence-electron chi connectivity index (χ2n) is 6.28. The first-order valence-electron chi connectivity index (χ1n) is 7.64. The van der Waals surface area contributed by atoms with Crippen LogP contribution in [-0.4, -0.2) is 57.4 Å². The van der Waals surface area contributed by atoms with Gasteiger partial charge in [0.1, 0.15) is 0 Å². The highest BCUT2D eigenvalue weighted by atomic mass is 16.4. The molecule has 2 aliphatic rings. The average Bonchev–Trinajstić information content (AvgIpc) is 2.76. The summed E-state index contributed by atoms with van der Waals surface area (Å²) in [5, 5.41) is 9.47. The van der Waals surface area contributed by atoms with Crippen LogP contribution in [0.3, 0.4) is 0 Å². The zero-order valence-corrected chi connectivity index (χ0v) is 12.7. The number of hydrogen-bond acceptors (Lipinski definition) is 4. The molecule has 1 atom stereocenters. The van der Waals surface area contributed by atoms with Crippen molar-refractivity contribution in [3.05, 3.63) is 30.1 Å². The van der Waals surface area contributed by atoms with Crippen molar-refractivity contribution in [3.63, 3.8) is 0 Å². The molecule has 6 heteroatoms. The summed E-state index contributed by atoms with van der Waals surface area (Å²) in [5.74, 6) is -1.47. The molecule has 2 fully saturated rings. The van der Waals surface area contributed by atoms with E-state index in [1.807, 2.05) is 12.1 Å². The van der Waals surface area contributed by atoms with Crippen molar-refractivity contribution in [2.75, 3.05) is 20.1 Å². The van der Waals surface area contributed by atoms with Gasteiger partial charge in [0.15, 0.2) is 0 Å². The standard InChI is InChI=1S/C16H21N3O3/c1-18-14(20)10-13(15(21)22)16(18)4-8-19(9-5-16)11-12-2-6-17-7-3-12/h2-3,6-7,13H,4-5,8-11H2,1H3,(H,21,22)/t13-/m0/s1. The highest BCUT2D eigenvalue weighted by molar-refractivity contribution is 5.88. The van der Waals surface area contributed by atoms with Crippen molar-refractivity contribution in [1.82, 2.24) is 14.8 Å². The zero-order chi connectivity index (χ0) is 15.7. The number of aliphatic carboxylic acids is 1. The molecular formula is C16H21N3O3. The van der Waals surface area contributed by atoms with Crippen molar-refractivity contribution < 1.29 is 14.7 Å². The summed E-state index contributed by atoms with van der Waals surface area (Å²) in [7, 11) is 1.75. The fourth-order valence-corrected chi connectivity index (χ4v) is 3.83. The molecule has 1 aromatic rings. The highest BCUT2D eigenvalue weighted by Gasteiger charge is 2.55. The topological polar surface area (TPSA) is 73.7 Å². The molecule has 6 nitrogen and oxygen atoms in total. The SMILES string of the molecule is CN1C(=O)C[C@@H](C(=O)O)C12CCN(Cc1ccncc1)CC2. The van der Waals surface area contributed by atoms with E-state index in [1.165, 1.54) is 5.56 Å². The molecule has 118 valence electrons. The summed E-state index contributed by atoms with van der Waals surface area (Å²) in [4.78, 5) is 31.5. The molecule has 3 rings (SSSR count). The third-order valence-electron chi connectivity index (χ3n) is 5.25. The van der Waals surface area contributed by atoms with Crippen LogP contribution in [0.4, 0.5) is 0 Å². The number of rotatable bonds is 3. The molecule has 0 aliphatic carbocycles. The number of nitrogens with zero attached hydrogens (tertiary/aromatic N) is 3. The van der Waals surface area contributed by atoms with E-state index in [4.69, 9.17) is 0 Å². The summed E-state index contributed by atoms with van der Waals surface area (Å²) >= 11 is 0. The smallest absolute Gasteiger partial charge is 0.309 e. The minimum atomic E-state index is -0.847. The molecule has 3 heterocycles. The van der Waals surface area contributed by atoms with Gasteiger partial charge in [-0.3, -0.25) is 19.5 Å². The summed E-state index contributed by atoms with van der Waals surface area (Å²) < 4.78 is 0. The fraction of sp³-hybridized carbons (Fsp3) is 0.562. The maximum atomic E-state index is 12.0. The lowest BCUT2D eigenvalue weighted by Gasteiger charge is -2.45. The van der Waals surface area contributed by atoms with E-state index in [0.717, 1.165) is 32.5 Å². The van der Waals surface area contributed by atoms with Gasteiger partial charge in [-0.1, -0.05) is 0 Å². The normalized spacial score (nSPS) is 24.9. The van der Waals surface area contributed by atoms with Gasteiger partial charge in [-0.2, -0.15) is 0 Å². The van der Waals surface area contributed by atoms with Gasteiger partial charge in [0, 0.05) is 45.5 Å². The lowest BCUT2D eigenvalue weighted by Crippen LogP contribution is -2.55. The monoisotopic (exact) mass is 303 g/mol. The summed E-state index contributed by atoms with van der Waals surface area (Å²) in [5.41, 5.74) is 0.703. The van der Waals surface area contributed by atoms with Gasteiger partial charge in [-0.05, 0) is 30.5 Å². The Bertz CT molecular complexity index is 567. The van der Waals surface area contributed by atoms with E-state index >= 15 is 0 Å². The van der Waals surface area contributed by atoms with Crippen molar-refractivity contribution in [3.8, 4) is 0 Å². The van der Waals surface area contributed by atoms with Gasteiger partial charge in [0.05, 0.1) is 11.5 Å². The molecule has 0 aromatic carbocycles. The Hall–Kier alpha value is -1.95. The molecule has 1 spiro atoms. The largest absolute Gasteiger partial charge is 0.481 e. The van der Waals surface area contributed by atoms with Crippen molar-refractivity contribution in [2.45, 2.75) is 31.3 Å². The minimum Gasteiger partial charge on any atom is -0.481 e. The Morgan fingerprint density at radius 2 is 2.00 bits per heavy atom. The second-order valence-corrected chi connectivity index (χ2v) is 6.28. The van der Waals surface area contributed by atoms with E-state index in [0.29, 0.717) is 0 Å². The number of carbonyl (C=O) groups excluding carboxylic acids is 1. The molecule has 0 bridgehead atoms. The molecule has 0 saturated carbocycles. The molecule has 0 unspecified atom stereocenters. The summed E-state index contributed by atoms with van der Waals surface area (Å²) in [6, 6.07) is 3.99. The van der Waals surface area contributed by atoms with Gasteiger partial charge < -0.3 is 10.0 Å². The van der Waals surface area contributed by atoms with Crippen LogP contribution in [-0.2, 0) is 16.1 Å². The quantitative estimate of drug-likeness (QED) is 0.901. The Labute approximate surface area is 129 Å². The number of piperidine rings is 1. The van der Waals surface area contributed by atoms with Gasteiger partial charge in [0.2, 0.25) is 5.91 Å². The number of pyridine rings is 1. The van der Waals surface area contributed by atoms with E-state index in [-0.39, 0.29) is 12.3 Å². The number of carboxylic acids is 1. The number of aromatic nitrogens is 1. The van der Waals surface area contributed by atoms with Gasteiger partial charge in [0.25, 0.3) is 0 Å². The third-order valence-corrected chi connectivity index (χ3v) is 5.25. The maximum absolute atomic E-state index is 12.0. The lowest BCUT2D eigenvalue weighted by molar-refractivity contribution is -0.146.